The summed E-state index contributed by atoms with van der Waals surface area (Å²) in [7, 11) is 0. The summed E-state index contributed by atoms with van der Waals surface area (Å²) < 4.78 is 34.8. The largest absolute Gasteiger partial charge is 0.491 e. The van der Waals surface area contributed by atoms with E-state index in [0.29, 0.717) is 17.1 Å². The molecule has 0 aliphatic heterocycles. The number of ether oxygens (including phenoxy) is 1. The predicted molar refractivity (Wildman–Crippen MR) is 143 cm³/mol. The van der Waals surface area contributed by atoms with Crippen LogP contribution in [0, 0.1) is 11.6 Å². The van der Waals surface area contributed by atoms with Crippen molar-refractivity contribution >= 4 is 21.8 Å². The van der Waals surface area contributed by atoms with Crippen LogP contribution in [-0.4, -0.2) is 34.2 Å². The van der Waals surface area contributed by atoms with Crippen LogP contribution < -0.4 is 15.8 Å². The normalized spacial score (nSPS) is 13.5. The lowest BCUT2D eigenvalue weighted by molar-refractivity contribution is -0.123. The van der Waals surface area contributed by atoms with E-state index in [1.165, 1.54) is 18.3 Å². The number of aromatic amines is 1. The van der Waals surface area contributed by atoms with Gasteiger partial charge < -0.3 is 25.9 Å². The molecule has 1 aromatic heterocycles. The Morgan fingerprint density at radius 1 is 1.11 bits per heavy atom. The summed E-state index contributed by atoms with van der Waals surface area (Å²) in [5, 5.41) is 11.9. The van der Waals surface area contributed by atoms with E-state index in [0.717, 1.165) is 5.56 Å². The van der Waals surface area contributed by atoms with Crippen molar-refractivity contribution in [3.8, 4) is 17.0 Å². The minimum absolute atomic E-state index is 0.111. The summed E-state index contributed by atoms with van der Waals surface area (Å²) >= 11 is 3.09. The topological polar surface area (TPSA) is 113 Å². The molecule has 1 heterocycles. The number of H-pyrrole nitrogens is 1. The number of amides is 1. The number of carbonyl (C=O) groups excluding carboxylic acids is 1. The van der Waals surface area contributed by atoms with Crippen molar-refractivity contribution in [1.29, 1.82) is 0 Å². The van der Waals surface area contributed by atoms with Gasteiger partial charge >= 0.3 is 0 Å². The van der Waals surface area contributed by atoms with E-state index in [1.54, 1.807) is 24.3 Å². The SMILES string of the molecule is C[C@@H](c1ccccc1)[C@H](NC(=O)[C@H](N)c1ccc(OCCO)cc1)c1ncc(-c2c(F)cc(Br)cc2F)[nH]1. The highest BCUT2D eigenvalue weighted by Crippen LogP contribution is 2.33. The molecule has 3 aromatic carbocycles. The molecule has 10 heteroatoms. The monoisotopic (exact) mass is 584 g/mol. The lowest BCUT2D eigenvalue weighted by Gasteiger charge is -2.25. The van der Waals surface area contributed by atoms with Crippen molar-refractivity contribution in [2.45, 2.75) is 24.9 Å². The summed E-state index contributed by atoms with van der Waals surface area (Å²) in [6.45, 7) is 1.96. The average Bonchev–Trinajstić information content (AvgIpc) is 3.39. The molecule has 5 N–H and O–H groups in total. The van der Waals surface area contributed by atoms with Crippen molar-refractivity contribution in [2.24, 2.45) is 5.73 Å². The van der Waals surface area contributed by atoms with Crippen LogP contribution in [0.25, 0.3) is 11.3 Å². The van der Waals surface area contributed by atoms with E-state index in [2.05, 4.69) is 31.2 Å². The Morgan fingerprint density at radius 3 is 2.39 bits per heavy atom. The second kappa shape index (κ2) is 12.3. The van der Waals surface area contributed by atoms with Crippen molar-refractivity contribution in [3.63, 3.8) is 0 Å². The molecule has 4 rings (SSSR count). The molecule has 7 nitrogen and oxygen atoms in total. The van der Waals surface area contributed by atoms with Crippen LogP contribution in [-0.2, 0) is 4.79 Å². The summed E-state index contributed by atoms with van der Waals surface area (Å²) in [5.41, 5.74) is 7.66. The highest BCUT2D eigenvalue weighted by Gasteiger charge is 2.29. The minimum Gasteiger partial charge on any atom is -0.491 e. The summed E-state index contributed by atoms with van der Waals surface area (Å²) in [6.07, 6.45) is 1.34. The fourth-order valence-electron chi connectivity index (χ4n) is 4.13. The standard InChI is InChI=1S/C28H27BrF2N4O3/c1-16(17-5-3-2-4-6-17)26(27-33-15-23(34-27)24-21(30)13-19(29)14-22(24)31)35-28(37)25(32)18-7-9-20(10-8-18)38-12-11-36/h2-10,13-16,25-26,36H,11-12,32H2,1H3,(H,33,34)(H,35,37)/t16-,25+,26-/m0/s1. The lowest BCUT2D eigenvalue weighted by Crippen LogP contribution is -2.39. The number of hydrogen-bond acceptors (Lipinski definition) is 5. The Morgan fingerprint density at radius 2 is 1.76 bits per heavy atom. The van der Waals surface area contributed by atoms with E-state index >= 15 is 0 Å². The maximum absolute atomic E-state index is 14.6. The third kappa shape index (κ3) is 6.27. The maximum Gasteiger partial charge on any atom is 0.242 e. The Kier molecular flexibility index (Phi) is 8.88. The van der Waals surface area contributed by atoms with E-state index in [4.69, 9.17) is 15.6 Å². The number of halogens is 3. The van der Waals surface area contributed by atoms with Crippen LogP contribution in [0.15, 0.2) is 77.4 Å². The van der Waals surface area contributed by atoms with E-state index in [-0.39, 0.29) is 34.9 Å². The quantitative estimate of drug-likeness (QED) is 0.206. The van der Waals surface area contributed by atoms with Crippen molar-refractivity contribution in [3.05, 3.63) is 106 Å². The second-order valence-corrected chi connectivity index (χ2v) is 9.65. The molecule has 0 bridgehead atoms. The second-order valence-electron chi connectivity index (χ2n) is 8.73. The van der Waals surface area contributed by atoms with Gasteiger partial charge in [-0.25, -0.2) is 13.8 Å². The molecule has 1 amide bonds. The summed E-state index contributed by atoms with van der Waals surface area (Å²) in [5.74, 6) is -1.36. The van der Waals surface area contributed by atoms with Gasteiger partial charge in [-0.15, -0.1) is 0 Å². The van der Waals surface area contributed by atoms with Gasteiger partial charge in [-0.05, 0) is 35.4 Å². The summed E-state index contributed by atoms with van der Waals surface area (Å²) in [4.78, 5) is 20.6. The van der Waals surface area contributed by atoms with Crippen LogP contribution in [0.5, 0.6) is 5.75 Å². The lowest BCUT2D eigenvalue weighted by atomic mass is 9.92. The number of aliphatic hydroxyl groups is 1. The zero-order chi connectivity index (χ0) is 27.2. The molecule has 0 spiro atoms. The Balaban J connectivity index is 1.62. The number of nitrogens with one attached hydrogen (secondary N) is 2. The van der Waals surface area contributed by atoms with Gasteiger partial charge in [0.15, 0.2) is 0 Å². The van der Waals surface area contributed by atoms with Crippen molar-refractivity contribution in [1.82, 2.24) is 15.3 Å². The highest BCUT2D eigenvalue weighted by molar-refractivity contribution is 9.10. The van der Waals surface area contributed by atoms with Crippen LogP contribution in [0.4, 0.5) is 8.78 Å². The number of imidazole rings is 1. The third-order valence-corrected chi connectivity index (χ3v) is 6.63. The number of nitrogens with zero attached hydrogens (tertiary/aromatic N) is 1. The zero-order valence-electron chi connectivity index (χ0n) is 20.5. The number of aromatic nitrogens is 2. The Bertz CT molecular complexity index is 1360. The van der Waals surface area contributed by atoms with Gasteiger partial charge in [0.2, 0.25) is 5.91 Å². The summed E-state index contributed by atoms with van der Waals surface area (Å²) in [6, 6.07) is 16.9. The van der Waals surface area contributed by atoms with Gasteiger partial charge in [-0.1, -0.05) is 65.3 Å². The molecule has 0 saturated carbocycles. The number of hydrogen-bond donors (Lipinski definition) is 4. The molecule has 4 aromatic rings. The Hall–Kier alpha value is -3.60. The van der Waals surface area contributed by atoms with Crippen LogP contribution in [0.3, 0.4) is 0 Å². The van der Waals surface area contributed by atoms with E-state index < -0.39 is 29.6 Å². The highest BCUT2D eigenvalue weighted by atomic mass is 79.9. The first kappa shape index (κ1) is 27.4. The van der Waals surface area contributed by atoms with Gasteiger partial charge in [0.05, 0.1) is 30.1 Å². The molecule has 3 atom stereocenters. The van der Waals surface area contributed by atoms with Crippen LogP contribution in [0.2, 0.25) is 0 Å². The molecule has 0 unspecified atom stereocenters. The van der Waals surface area contributed by atoms with Crippen molar-refractivity contribution < 1.29 is 23.4 Å². The van der Waals surface area contributed by atoms with Gasteiger partial charge in [-0.2, -0.15) is 0 Å². The Labute approximate surface area is 227 Å². The minimum atomic E-state index is -0.997. The third-order valence-electron chi connectivity index (χ3n) is 6.17. The first-order valence-electron chi connectivity index (χ1n) is 11.9. The number of benzene rings is 3. The number of carbonyl (C=O) groups is 1. The number of aliphatic hydroxyl groups excluding tert-OH is 1. The molecule has 0 aliphatic carbocycles. The smallest absolute Gasteiger partial charge is 0.242 e. The molecular weight excluding hydrogens is 558 g/mol. The average molecular weight is 585 g/mol. The van der Waals surface area contributed by atoms with Crippen LogP contribution in [0.1, 0.15) is 41.9 Å². The fraction of sp³-hybridized carbons (Fsp3) is 0.214. The van der Waals surface area contributed by atoms with Crippen molar-refractivity contribution in [2.75, 3.05) is 13.2 Å². The number of nitrogens with two attached hydrogens (primary N) is 1. The van der Waals surface area contributed by atoms with Crippen LogP contribution >= 0.6 is 15.9 Å². The maximum atomic E-state index is 14.6. The number of rotatable bonds is 10. The van der Waals surface area contributed by atoms with E-state index in [1.807, 2.05) is 37.3 Å². The predicted octanol–water partition coefficient (Wildman–Crippen LogP) is 5.15. The molecule has 0 fully saturated rings. The zero-order valence-corrected chi connectivity index (χ0v) is 22.1. The molecule has 0 radical (unpaired) electrons. The first-order chi connectivity index (χ1) is 18.3. The van der Waals surface area contributed by atoms with Gasteiger partial charge in [0, 0.05) is 10.4 Å². The van der Waals surface area contributed by atoms with Gasteiger partial charge in [-0.3, -0.25) is 4.79 Å². The molecule has 38 heavy (non-hydrogen) atoms. The van der Waals surface area contributed by atoms with Gasteiger partial charge in [0.1, 0.15) is 35.9 Å². The molecule has 198 valence electrons. The molecule has 0 saturated heterocycles. The first-order valence-corrected chi connectivity index (χ1v) is 12.7. The van der Waals surface area contributed by atoms with Gasteiger partial charge in [0.25, 0.3) is 0 Å². The fourth-order valence-corrected chi connectivity index (χ4v) is 4.53. The molecule has 0 aliphatic rings. The molecular formula is C28H27BrF2N4O3. The van der Waals surface area contributed by atoms with E-state index in [9.17, 15) is 13.6 Å².